The zero-order valence-corrected chi connectivity index (χ0v) is 11.4. The SMILES string of the molecule is O=C(O)c1ccc(CC(=O)N2CCC(O)(C(F)(F)F)C2)cc1. The summed E-state index contributed by atoms with van der Waals surface area (Å²) in [6, 6.07) is 5.52. The Kier molecular flexibility index (Phi) is 4.15. The van der Waals surface area contributed by atoms with Crippen molar-refractivity contribution < 1.29 is 33.0 Å². The monoisotopic (exact) mass is 317 g/mol. The van der Waals surface area contributed by atoms with Gasteiger partial charge in [-0.15, -0.1) is 0 Å². The maximum Gasteiger partial charge on any atom is 0.419 e. The summed E-state index contributed by atoms with van der Waals surface area (Å²) in [7, 11) is 0. The number of benzene rings is 1. The molecule has 1 atom stereocenters. The standard InChI is InChI=1S/C14H14F3NO4/c15-14(16,17)13(22)5-6-18(8-13)11(19)7-9-1-3-10(4-2-9)12(20)21/h1-4,22H,5-8H2,(H,20,21). The molecule has 0 radical (unpaired) electrons. The maximum absolute atomic E-state index is 12.7. The Labute approximate surface area is 124 Å². The van der Waals surface area contributed by atoms with Gasteiger partial charge in [-0.1, -0.05) is 12.1 Å². The highest BCUT2D eigenvalue weighted by Gasteiger charge is 2.57. The van der Waals surface area contributed by atoms with Crippen molar-refractivity contribution in [2.75, 3.05) is 13.1 Å². The van der Waals surface area contributed by atoms with E-state index in [-0.39, 0.29) is 18.5 Å². The number of alkyl halides is 3. The van der Waals surface area contributed by atoms with Crippen molar-refractivity contribution in [2.45, 2.75) is 24.6 Å². The van der Waals surface area contributed by atoms with Crippen LogP contribution in [-0.4, -0.2) is 51.9 Å². The first-order valence-electron chi connectivity index (χ1n) is 6.51. The number of carboxylic acid groups (broad SMARTS) is 1. The van der Waals surface area contributed by atoms with E-state index in [1.54, 1.807) is 0 Å². The molecule has 22 heavy (non-hydrogen) atoms. The minimum Gasteiger partial charge on any atom is -0.478 e. The molecule has 2 N–H and O–H groups in total. The van der Waals surface area contributed by atoms with Crippen molar-refractivity contribution in [3.63, 3.8) is 0 Å². The molecule has 1 heterocycles. The fraction of sp³-hybridized carbons (Fsp3) is 0.429. The average Bonchev–Trinajstić information content (AvgIpc) is 2.83. The van der Waals surface area contributed by atoms with Gasteiger partial charge in [0.15, 0.2) is 5.60 Å². The topological polar surface area (TPSA) is 77.8 Å². The molecular formula is C14H14F3NO4. The molecule has 0 spiro atoms. The van der Waals surface area contributed by atoms with Crippen molar-refractivity contribution >= 4 is 11.9 Å². The van der Waals surface area contributed by atoms with Crippen molar-refractivity contribution in [2.24, 2.45) is 0 Å². The Bertz CT molecular complexity index is 585. The number of hydrogen-bond donors (Lipinski definition) is 2. The average molecular weight is 317 g/mol. The second-order valence-electron chi connectivity index (χ2n) is 5.27. The van der Waals surface area contributed by atoms with Crippen LogP contribution >= 0.6 is 0 Å². The molecule has 0 aromatic heterocycles. The largest absolute Gasteiger partial charge is 0.478 e. The maximum atomic E-state index is 12.7. The summed E-state index contributed by atoms with van der Waals surface area (Å²) in [5, 5.41) is 18.3. The first kappa shape index (κ1) is 16.3. The van der Waals surface area contributed by atoms with Crippen molar-refractivity contribution in [1.82, 2.24) is 4.90 Å². The van der Waals surface area contributed by atoms with E-state index in [9.17, 15) is 27.9 Å². The highest BCUT2D eigenvalue weighted by atomic mass is 19.4. The molecule has 1 saturated heterocycles. The number of amides is 1. The van der Waals surface area contributed by atoms with Gasteiger partial charge < -0.3 is 15.1 Å². The number of aliphatic hydroxyl groups is 1. The number of hydrogen-bond acceptors (Lipinski definition) is 3. The van der Waals surface area contributed by atoms with E-state index in [0.29, 0.717) is 5.56 Å². The number of β-amino-alcohol motifs (C(OH)–C–C–N with tert-alkyl or cyclic N) is 1. The molecule has 1 unspecified atom stereocenters. The van der Waals surface area contributed by atoms with E-state index in [1.807, 2.05) is 0 Å². The molecular weight excluding hydrogens is 303 g/mol. The highest BCUT2D eigenvalue weighted by Crippen LogP contribution is 2.37. The summed E-state index contributed by atoms with van der Waals surface area (Å²) in [6.45, 7) is -0.940. The molecule has 1 aliphatic heterocycles. The summed E-state index contributed by atoms with van der Waals surface area (Å²) in [5.41, 5.74) is -2.29. The molecule has 1 aliphatic rings. The molecule has 2 rings (SSSR count). The Hall–Kier alpha value is -2.09. The molecule has 1 amide bonds. The normalized spacial score (nSPS) is 21.9. The lowest BCUT2D eigenvalue weighted by molar-refractivity contribution is -0.253. The highest BCUT2D eigenvalue weighted by molar-refractivity contribution is 5.87. The van der Waals surface area contributed by atoms with E-state index in [1.165, 1.54) is 24.3 Å². The van der Waals surface area contributed by atoms with E-state index < -0.39 is 36.6 Å². The van der Waals surface area contributed by atoms with E-state index in [0.717, 1.165) is 4.90 Å². The zero-order valence-electron chi connectivity index (χ0n) is 11.4. The van der Waals surface area contributed by atoms with Crippen LogP contribution in [0.5, 0.6) is 0 Å². The minimum absolute atomic E-state index is 0.0591. The van der Waals surface area contributed by atoms with Crippen molar-refractivity contribution in [3.8, 4) is 0 Å². The third-order valence-corrected chi connectivity index (χ3v) is 3.68. The Morgan fingerprint density at radius 2 is 1.82 bits per heavy atom. The van der Waals surface area contributed by atoms with Gasteiger partial charge in [0.2, 0.25) is 5.91 Å². The fourth-order valence-electron chi connectivity index (χ4n) is 2.29. The second kappa shape index (κ2) is 5.60. The number of carboxylic acids is 1. The number of likely N-dealkylation sites (tertiary alicyclic amines) is 1. The quantitative estimate of drug-likeness (QED) is 0.884. The Morgan fingerprint density at radius 1 is 1.23 bits per heavy atom. The van der Waals surface area contributed by atoms with Crippen LogP contribution in [0.25, 0.3) is 0 Å². The van der Waals surface area contributed by atoms with Gasteiger partial charge >= 0.3 is 12.1 Å². The first-order chi connectivity index (χ1) is 10.1. The summed E-state index contributed by atoms with van der Waals surface area (Å²) in [6.07, 6.45) is -5.46. The van der Waals surface area contributed by atoms with Crippen LogP contribution in [0.4, 0.5) is 13.2 Å². The number of aromatic carboxylic acids is 1. The Morgan fingerprint density at radius 3 is 2.27 bits per heavy atom. The predicted molar refractivity (Wildman–Crippen MR) is 69.3 cm³/mol. The number of carbonyl (C=O) groups is 2. The van der Waals surface area contributed by atoms with Gasteiger partial charge in [-0.05, 0) is 17.7 Å². The fourth-order valence-corrected chi connectivity index (χ4v) is 2.29. The van der Waals surface area contributed by atoms with Crippen LogP contribution in [0.15, 0.2) is 24.3 Å². The predicted octanol–water partition coefficient (Wildman–Crippen LogP) is 1.45. The van der Waals surface area contributed by atoms with E-state index in [2.05, 4.69) is 0 Å². The Balaban J connectivity index is 2.00. The lowest BCUT2D eigenvalue weighted by Crippen LogP contribution is -2.48. The summed E-state index contributed by atoms with van der Waals surface area (Å²) < 4.78 is 38.1. The number of rotatable bonds is 3. The molecule has 0 aliphatic carbocycles. The van der Waals surface area contributed by atoms with Gasteiger partial charge in [-0.25, -0.2) is 4.79 Å². The van der Waals surface area contributed by atoms with Gasteiger partial charge in [-0.3, -0.25) is 4.79 Å². The summed E-state index contributed by atoms with van der Waals surface area (Å²) in [4.78, 5) is 23.6. The van der Waals surface area contributed by atoms with Crippen LogP contribution in [0, 0.1) is 0 Å². The van der Waals surface area contributed by atoms with Gasteiger partial charge in [-0.2, -0.15) is 13.2 Å². The van der Waals surface area contributed by atoms with Crippen LogP contribution in [-0.2, 0) is 11.2 Å². The molecule has 1 aromatic rings. The molecule has 5 nitrogen and oxygen atoms in total. The summed E-state index contributed by atoms with van der Waals surface area (Å²) >= 11 is 0. The first-order valence-corrected chi connectivity index (χ1v) is 6.51. The zero-order chi connectivity index (χ0) is 16.5. The molecule has 1 fully saturated rings. The van der Waals surface area contributed by atoms with Crippen molar-refractivity contribution in [3.05, 3.63) is 35.4 Å². The van der Waals surface area contributed by atoms with Crippen LogP contribution in [0.1, 0.15) is 22.3 Å². The lowest BCUT2D eigenvalue weighted by atomic mass is 10.0. The van der Waals surface area contributed by atoms with Gasteiger partial charge in [0.1, 0.15) is 0 Å². The van der Waals surface area contributed by atoms with Crippen molar-refractivity contribution in [1.29, 1.82) is 0 Å². The molecule has 120 valence electrons. The van der Waals surface area contributed by atoms with E-state index >= 15 is 0 Å². The lowest BCUT2D eigenvalue weighted by Gasteiger charge is -2.25. The molecule has 0 bridgehead atoms. The van der Waals surface area contributed by atoms with Gasteiger partial charge in [0.25, 0.3) is 0 Å². The molecule has 0 saturated carbocycles. The third kappa shape index (κ3) is 3.22. The second-order valence-corrected chi connectivity index (χ2v) is 5.27. The van der Waals surface area contributed by atoms with E-state index in [4.69, 9.17) is 5.11 Å². The van der Waals surface area contributed by atoms with Crippen LogP contribution in [0.3, 0.4) is 0 Å². The number of halogens is 3. The molecule has 1 aromatic carbocycles. The molecule has 8 heteroatoms. The third-order valence-electron chi connectivity index (χ3n) is 3.68. The number of carbonyl (C=O) groups excluding carboxylic acids is 1. The minimum atomic E-state index is -4.77. The van der Waals surface area contributed by atoms with Crippen LogP contribution in [0.2, 0.25) is 0 Å². The number of nitrogens with zero attached hydrogens (tertiary/aromatic N) is 1. The summed E-state index contributed by atoms with van der Waals surface area (Å²) in [5.74, 6) is -1.64. The smallest absolute Gasteiger partial charge is 0.419 e. The van der Waals surface area contributed by atoms with Crippen LogP contribution < -0.4 is 0 Å². The van der Waals surface area contributed by atoms with Gasteiger partial charge in [0.05, 0.1) is 18.5 Å². The van der Waals surface area contributed by atoms with Gasteiger partial charge in [0, 0.05) is 13.0 Å².